The number of imidazole rings is 1. The van der Waals surface area contributed by atoms with E-state index in [4.69, 9.17) is 16.3 Å². The molecule has 0 bridgehead atoms. The molecule has 1 aromatic heterocycles. The molecule has 0 fully saturated rings. The molecule has 2 rings (SSSR count). The van der Waals surface area contributed by atoms with Crippen molar-refractivity contribution in [3.05, 3.63) is 47.0 Å². The van der Waals surface area contributed by atoms with Crippen molar-refractivity contribution in [3.63, 3.8) is 0 Å². The van der Waals surface area contributed by atoms with Gasteiger partial charge < -0.3 is 14.4 Å². The fourth-order valence-corrected chi connectivity index (χ4v) is 1.97. The maximum Gasteiger partial charge on any atom is 0.143 e. The van der Waals surface area contributed by atoms with E-state index in [1.165, 1.54) is 0 Å². The monoisotopic (exact) mass is 266 g/mol. The molecule has 0 radical (unpaired) electrons. The number of para-hydroxylation sites is 1. The molecule has 0 unspecified atom stereocenters. The quantitative estimate of drug-likeness (QED) is 0.902. The van der Waals surface area contributed by atoms with Crippen LogP contribution < -0.4 is 4.74 Å². The van der Waals surface area contributed by atoms with Crippen molar-refractivity contribution in [3.8, 4) is 5.75 Å². The standard InChI is InChI=1S/C13H15ClN2O2/c1-16-7-6-15-12(16)5-8-18-13-10(9-17)3-2-4-11(13)14/h2-4,6-7,17H,5,8-9H2,1H3. The first-order chi connectivity index (χ1) is 8.72. The van der Waals surface area contributed by atoms with Crippen molar-refractivity contribution in [1.29, 1.82) is 0 Å². The highest BCUT2D eigenvalue weighted by molar-refractivity contribution is 6.32. The summed E-state index contributed by atoms with van der Waals surface area (Å²) in [6, 6.07) is 5.33. The van der Waals surface area contributed by atoms with Crippen molar-refractivity contribution in [2.45, 2.75) is 13.0 Å². The Labute approximate surface area is 111 Å². The molecule has 4 nitrogen and oxygen atoms in total. The molecule has 0 amide bonds. The zero-order valence-electron chi connectivity index (χ0n) is 10.1. The Bertz CT molecular complexity index is 525. The third kappa shape index (κ3) is 2.83. The topological polar surface area (TPSA) is 47.3 Å². The average molecular weight is 267 g/mol. The molecule has 0 aliphatic rings. The number of hydrogen-bond acceptors (Lipinski definition) is 3. The Morgan fingerprint density at radius 2 is 2.28 bits per heavy atom. The molecule has 0 atom stereocenters. The van der Waals surface area contributed by atoms with Gasteiger partial charge in [0.2, 0.25) is 0 Å². The van der Waals surface area contributed by atoms with E-state index in [1.54, 1.807) is 24.4 Å². The van der Waals surface area contributed by atoms with Gasteiger partial charge in [-0.05, 0) is 6.07 Å². The van der Waals surface area contributed by atoms with E-state index in [-0.39, 0.29) is 6.61 Å². The summed E-state index contributed by atoms with van der Waals surface area (Å²) in [4.78, 5) is 4.21. The smallest absolute Gasteiger partial charge is 0.143 e. The van der Waals surface area contributed by atoms with Gasteiger partial charge in [-0.15, -0.1) is 0 Å². The van der Waals surface area contributed by atoms with Crippen LogP contribution in [-0.2, 0) is 20.1 Å². The summed E-state index contributed by atoms with van der Waals surface area (Å²) >= 11 is 6.04. The normalized spacial score (nSPS) is 10.6. The van der Waals surface area contributed by atoms with Crippen molar-refractivity contribution in [2.75, 3.05) is 6.61 Å². The van der Waals surface area contributed by atoms with Gasteiger partial charge in [-0.1, -0.05) is 23.7 Å². The minimum atomic E-state index is -0.0850. The molecule has 2 aromatic rings. The van der Waals surface area contributed by atoms with Crippen LogP contribution in [0.3, 0.4) is 0 Å². The minimum Gasteiger partial charge on any atom is -0.491 e. The molecule has 5 heteroatoms. The lowest BCUT2D eigenvalue weighted by Gasteiger charge is -2.11. The predicted octanol–water partition coefficient (Wildman–Crippen LogP) is 2.19. The Balaban J connectivity index is 2.00. The number of aryl methyl sites for hydroxylation is 1. The van der Waals surface area contributed by atoms with Gasteiger partial charge in [0, 0.05) is 31.4 Å². The van der Waals surface area contributed by atoms with E-state index >= 15 is 0 Å². The molecular weight excluding hydrogens is 252 g/mol. The van der Waals surface area contributed by atoms with Gasteiger partial charge in [0.1, 0.15) is 11.6 Å². The molecule has 0 aliphatic carbocycles. The SMILES string of the molecule is Cn1ccnc1CCOc1c(Cl)cccc1CO. The van der Waals surface area contributed by atoms with E-state index in [9.17, 15) is 5.11 Å². The lowest BCUT2D eigenvalue weighted by atomic mass is 10.2. The number of ether oxygens (including phenoxy) is 1. The minimum absolute atomic E-state index is 0.0850. The number of aliphatic hydroxyl groups excluding tert-OH is 1. The lowest BCUT2D eigenvalue weighted by molar-refractivity contribution is 0.263. The van der Waals surface area contributed by atoms with Crippen molar-refractivity contribution in [2.24, 2.45) is 7.05 Å². The number of aromatic nitrogens is 2. The molecule has 1 aromatic carbocycles. The fraction of sp³-hybridized carbons (Fsp3) is 0.308. The van der Waals surface area contributed by atoms with Crippen LogP contribution in [-0.4, -0.2) is 21.3 Å². The highest BCUT2D eigenvalue weighted by Crippen LogP contribution is 2.28. The third-order valence-corrected chi connectivity index (χ3v) is 3.01. The van der Waals surface area contributed by atoms with Crippen LogP contribution in [0.1, 0.15) is 11.4 Å². The van der Waals surface area contributed by atoms with Gasteiger partial charge in [-0.25, -0.2) is 4.98 Å². The largest absolute Gasteiger partial charge is 0.491 e. The summed E-state index contributed by atoms with van der Waals surface area (Å²) in [5, 5.41) is 9.73. The zero-order chi connectivity index (χ0) is 13.0. The molecule has 0 saturated heterocycles. The first-order valence-corrected chi connectivity index (χ1v) is 6.07. The van der Waals surface area contributed by atoms with Gasteiger partial charge in [-0.2, -0.15) is 0 Å². The lowest BCUT2D eigenvalue weighted by Crippen LogP contribution is -2.07. The van der Waals surface area contributed by atoms with E-state index in [0.29, 0.717) is 29.4 Å². The number of benzene rings is 1. The van der Waals surface area contributed by atoms with Gasteiger partial charge in [-0.3, -0.25) is 0 Å². The number of rotatable bonds is 5. The van der Waals surface area contributed by atoms with Crippen molar-refractivity contribution >= 4 is 11.6 Å². The molecule has 0 saturated carbocycles. The van der Waals surface area contributed by atoms with E-state index < -0.39 is 0 Å². The summed E-state index contributed by atoms with van der Waals surface area (Å²) in [7, 11) is 1.94. The highest BCUT2D eigenvalue weighted by Gasteiger charge is 2.08. The second-order valence-corrected chi connectivity index (χ2v) is 4.35. The number of hydrogen-bond donors (Lipinski definition) is 1. The molecule has 96 valence electrons. The van der Waals surface area contributed by atoms with Crippen LogP contribution in [0.4, 0.5) is 0 Å². The third-order valence-electron chi connectivity index (χ3n) is 2.71. The second-order valence-electron chi connectivity index (χ2n) is 3.94. The summed E-state index contributed by atoms with van der Waals surface area (Å²) in [5.41, 5.74) is 0.697. The van der Waals surface area contributed by atoms with E-state index in [1.807, 2.05) is 17.8 Å². The average Bonchev–Trinajstić information content (AvgIpc) is 2.77. The summed E-state index contributed by atoms with van der Waals surface area (Å²) in [5.74, 6) is 1.50. The van der Waals surface area contributed by atoms with Crippen LogP contribution in [0.15, 0.2) is 30.6 Å². The number of nitrogens with zero attached hydrogens (tertiary/aromatic N) is 2. The summed E-state index contributed by atoms with van der Waals surface area (Å²) in [6.07, 6.45) is 4.34. The first kappa shape index (κ1) is 12.9. The molecule has 18 heavy (non-hydrogen) atoms. The van der Waals surface area contributed by atoms with Gasteiger partial charge in [0.05, 0.1) is 18.2 Å². The Morgan fingerprint density at radius 3 is 2.94 bits per heavy atom. The maximum atomic E-state index is 9.22. The van der Waals surface area contributed by atoms with Gasteiger partial charge in [0.25, 0.3) is 0 Å². The number of halogens is 1. The Hall–Kier alpha value is -1.52. The molecular formula is C13H15ClN2O2. The van der Waals surface area contributed by atoms with Crippen molar-refractivity contribution < 1.29 is 9.84 Å². The van der Waals surface area contributed by atoms with E-state index in [0.717, 1.165) is 5.82 Å². The summed E-state index contributed by atoms with van der Waals surface area (Å²) < 4.78 is 7.59. The second kappa shape index (κ2) is 5.89. The van der Waals surface area contributed by atoms with Crippen LogP contribution in [0, 0.1) is 0 Å². The first-order valence-electron chi connectivity index (χ1n) is 5.69. The van der Waals surface area contributed by atoms with E-state index in [2.05, 4.69) is 4.98 Å². The summed E-state index contributed by atoms with van der Waals surface area (Å²) in [6.45, 7) is 0.389. The Morgan fingerprint density at radius 1 is 1.44 bits per heavy atom. The predicted molar refractivity (Wildman–Crippen MR) is 69.8 cm³/mol. The zero-order valence-corrected chi connectivity index (χ0v) is 10.9. The van der Waals surface area contributed by atoms with Crippen LogP contribution >= 0.6 is 11.6 Å². The fourth-order valence-electron chi connectivity index (χ4n) is 1.72. The highest BCUT2D eigenvalue weighted by atomic mass is 35.5. The maximum absolute atomic E-state index is 9.22. The molecule has 0 aliphatic heterocycles. The Kier molecular flexibility index (Phi) is 4.23. The van der Waals surface area contributed by atoms with Crippen LogP contribution in [0.2, 0.25) is 5.02 Å². The van der Waals surface area contributed by atoms with Gasteiger partial charge in [0.15, 0.2) is 0 Å². The molecule has 1 heterocycles. The molecule has 0 spiro atoms. The van der Waals surface area contributed by atoms with Crippen molar-refractivity contribution in [1.82, 2.24) is 9.55 Å². The molecule has 1 N–H and O–H groups in total. The van der Waals surface area contributed by atoms with Crippen LogP contribution in [0.25, 0.3) is 0 Å². The van der Waals surface area contributed by atoms with Gasteiger partial charge >= 0.3 is 0 Å². The van der Waals surface area contributed by atoms with Crippen LogP contribution in [0.5, 0.6) is 5.75 Å². The number of aliphatic hydroxyl groups is 1.